The van der Waals surface area contributed by atoms with Gasteiger partial charge in [0.15, 0.2) is 6.29 Å². The fraction of sp³-hybridized carbons (Fsp3) is 1.00. The third-order valence-corrected chi connectivity index (χ3v) is 1.75. The number of aliphatic hydroxyl groups excluding tert-OH is 1. The lowest BCUT2D eigenvalue weighted by Crippen LogP contribution is -2.08. The number of nitrogens with one attached hydrogen (secondary N) is 1. The third kappa shape index (κ3) is 9.84. The number of hydrogen-bond donors (Lipinski definition) is 4. The Bertz CT molecular complexity index is 88.4. The first-order valence-corrected chi connectivity index (χ1v) is 4.50. The van der Waals surface area contributed by atoms with Crippen LogP contribution in [0.15, 0.2) is 0 Å². The molecule has 0 aromatic carbocycles. The lowest BCUT2D eigenvalue weighted by Gasteiger charge is -2.02. The smallest absolute Gasteiger partial charge is 0.151 e. The summed E-state index contributed by atoms with van der Waals surface area (Å²) in [7, 11) is 0. The molecule has 12 heavy (non-hydrogen) atoms. The Morgan fingerprint density at radius 3 is 2.08 bits per heavy atom. The fourth-order valence-corrected chi connectivity index (χ4v) is 1.06. The zero-order valence-corrected chi connectivity index (χ0v) is 7.37. The Morgan fingerprint density at radius 2 is 1.50 bits per heavy atom. The lowest BCUT2D eigenvalue weighted by molar-refractivity contribution is -0.0466. The first-order chi connectivity index (χ1) is 5.77. The second-order valence-electron chi connectivity index (χ2n) is 2.95. The maximum absolute atomic E-state index is 8.51. The van der Waals surface area contributed by atoms with Crippen molar-refractivity contribution in [2.45, 2.75) is 44.8 Å². The maximum atomic E-state index is 8.51. The predicted molar refractivity (Wildman–Crippen MR) is 45.7 cm³/mol. The van der Waals surface area contributed by atoms with Crippen LogP contribution in [0.2, 0.25) is 0 Å². The highest BCUT2D eigenvalue weighted by atomic mass is 16.5. The van der Waals surface area contributed by atoms with Crippen molar-refractivity contribution >= 4 is 0 Å². The van der Waals surface area contributed by atoms with Gasteiger partial charge in [0.1, 0.15) is 0 Å². The number of hydrogen-bond acceptors (Lipinski definition) is 4. The molecule has 4 nitrogen and oxygen atoms in total. The molecule has 4 heteroatoms. The molecule has 4 N–H and O–H groups in total. The molecule has 0 rings (SSSR count). The third-order valence-electron chi connectivity index (χ3n) is 1.75. The van der Waals surface area contributed by atoms with Crippen molar-refractivity contribution in [2.75, 3.05) is 6.54 Å². The molecule has 0 spiro atoms. The standard InChI is InChI=1S/C8H19NO3/c10-8(11)6-4-2-1-3-5-7-9-12/h8-12H,1-7H2. The molecule has 0 bridgehead atoms. The normalized spacial score (nSPS) is 11.0. The summed E-state index contributed by atoms with van der Waals surface area (Å²) in [6.45, 7) is 0.641. The van der Waals surface area contributed by atoms with Gasteiger partial charge >= 0.3 is 0 Å². The van der Waals surface area contributed by atoms with Gasteiger partial charge in [0, 0.05) is 6.54 Å². The van der Waals surface area contributed by atoms with Gasteiger partial charge in [-0.2, -0.15) is 0 Å². The number of aliphatic hydroxyl groups is 2. The van der Waals surface area contributed by atoms with Gasteiger partial charge in [-0.1, -0.05) is 19.3 Å². The molecular weight excluding hydrogens is 158 g/mol. The minimum Gasteiger partial charge on any atom is -0.368 e. The summed E-state index contributed by atoms with van der Waals surface area (Å²) in [5.74, 6) is 0. The highest BCUT2D eigenvalue weighted by Crippen LogP contribution is 2.05. The van der Waals surface area contributed by atoms with E-state index in [0.717, 1.165) is 32.1 Å². The maximum Gasteiger partial charge on any atom is 0.151 e. The van der Waals surface area contributed by atoms with E-state index in [1.165, 1.54) is 0 Å². The summed E-state index contributed by atoms with van der Waals surface area (Å²) in [6.07, 6.45) is 4.36. The van der Waals surface area contributed by atoms with E-state index in [2.05, 4.69) is 5.48 Å². The summed E-state index contributed by atoms with van der Waals surface area (Å²) in [6, 6.07) is 0. The lowest BCUT2D eigenvalue weighted by atomic mass is 10.1. The molecule has 0 aromatic heterocycles. The van der Waals surface area contributed by atoms with E-state index in [4.69, 9.17) is 15.4 Å². The summed E-state index contributed by atoms with van der Waals surface area (Å²) >= 11 is 0. The summed E-state index contributed by atoms with van der Waals surface area (Å²) in [5.41, 5.74) is 2.10. The predicted octanol–water partition coefficient (Wildman–Crippen LogP) is 0.616. The minimum absolute atomic E-state index is 0.470. The van der Waals surface area contributed by atoms with E-state index in [-0.39, 0.29) is 0 Å². The Morgan fingerprint density at radius 1 is 0.917 bits per heavy atom. The average Bonchev–Trinajstić information content (AvgIpc) is 2.02. The molecule has 0 aromatic rings. The molecule has 0 heterocycles. The van der Waals surface area contributed by atoms with Gasteiger partial charge in [0.25, 0.3) is 0 Å². The topological polar surface area (TPSA) is 72.7 Å². The molecule has 74 valence electrons. The highest BCUT2D eigenvalue weighted by Gasteiger charge is 1.96. The molecule has 0 fully saturated rings. The first kappa shape index (κ1) is 11.8. The van der Waals surface area contributed by atoms with Crippen LogP contribution in [0.5, 0.6) is 0 Å². The van der Waals surface area contributed by atoms with Gasteiger partial charge in [-0.05, 0) is 19.3 Å². The highest BCUT2D eigenvalue weighted by molar-refractivity contribution is 4.46. The van der Waals surface area contributed by atoms with Crippen LogP contribution < -0.4 is 5.48 Å². The largest absolute Gasteiger partial charge is 0.368 e. The van der Waals surface area contributed by atoms with Crippen molar-refractivity contribution in [3.05, 3.63) is 0 Å². The van der Waals surface area contributed by atoms with Crippen molar-refractivity contribution in [3.8, 4) is 0 Å². The van der Waals surface area contributed by atoms with Crippen LogP contribution in [-0.2, 0) is 0 Å². The van der Waals surface area contributed by atoms with Crippen LogP contribution in [0.1, 0.15) is 38.5 Å². The van der Waals surface area contributed by atoms with Gasteiger partial charge in [0.2, 0.25) is 0 Å². The molecule has 0 unspecified atom stereocenters. The first-order valence-electron chi connectivity index (χ1n) is 4.50. The molecule has 0 aliphatic rings. The van der Waals surface area contributed by atoms with E-state index in [9.17, 15) is 0 Å². The van der Waals surface area contributed by atoms with Gasteiger partial charge in [-0.15, -0.1) is 0 Å². The van der Waals surface area contributed by atoms with E-state index >= 15 is 0 Å². The number of unbranched alkanes of at least 4 members (excludes halogenated alkanes) is 4. The zero-order valence-electron chi connectivity index (χ0n) is 7.37. The van der Waals surface area contributed by atoms with Crippen LogP contribution >= 0.6 is 0 Å². The van der Waals surface area contributed by atoms with Crippen molar-refractivity contribution in [1.29, 1.82) is 0 Å². The Kier molecular flexibility index (Phi) is 8.81. The molecular formula is C8H19NO3. The van der Waals surface area contributed by atoms with E-state index in [1.54, 1.807) is 0 Å². The molecule has 0 amide bonds. The van der Waals surface area contributed by atoms with Crippen LogP contribution in [0, 0.1) is 0 Å². The number of hydroxylamine groups is 1. The van der Waals surface area contributed by atoms with Crippen LogP contribution in [0.4, 0.5) is 0 Å². The molecule has 0 saturated heterocycles. The Hall–Kier alpha value is -0.160. The Labute approximate surface area is 73.2 Å². The summed E-state index contributed by atoms with van der Waals surface area (Å²) < 4.78 is 0. The van der Waals surface area contributed by atoms with E-state index in [0.29, 0.717) is 13.0 Å². The SMILES string of the molecule is ONCCCCCCCC(O)O. The van der Waals surface area contributed by atoms with Crippen molar-refractivity contribution < 1.29 is 15.4 Å². The van der Waals surface area contributed by atoms with E-state index < -0.39 is 6.29 Å². The van der Waals surface area contributed by atoms with Gasteiger partial charge in [-0.3, -0.25) is 0 Å². The molecule has 0 atom stereocenters. The minimum atomic E-state index is -1.15. The second-order valence-corrected chi connectivity index (χ2v) is 2.95. The average molecular weight is 177 g/mol. The summed E-state index contributed by atoms with van der Waals surface area (Å²) in [4.78, 5) is 0. The van der Waals surface area contributed by atoms with Gasteiger partial charge in [0.05, 0.1) is 0 Å². The van der Waals surface area contributed by atoms with Crippen LogP contribution in [0.3, 0.4) is 0 Å². The van der Waals surface area contributed by atoms with Gasteiger partial charge in [-0.25, -0.2) is 5.48 Å². The quantitative estimate of drug-likeness (QED) is 0.249. The fourth-order valence-electron chi connectivity index (χ4n) is 1.06. The van der Waals surface area contributed by atoms with Gasteiger partial charge < -0.3 is 15.4 Å². The monoisotopic (exact) mass is 177 g/mol. The summed E-state index contributed by atoms with van der Waals surface area (Å²) in [5, 5.41) is 25.2. The second kappa shape index (κ2) is 8.93. The number of rotatable bonds is 8. The van der Waals surface area contributed by atoms with Crippen molar-refractivity contribution in [3.63, 3.8) is 0 Å². The molecule has 0 radical (unpaired) electrons. The van der Waals surface area contributed by atoms with Crippen molar-refractivity contribution in [1.82, 2.24) is 5.48 Å². The molecule has 0 aliphatic heterocycles. The molecule has 0 aliphatic carbocycles. The van der Waals surface area contributed by atoms with Crippen molar-refractivity contribution in [2.24, 2.45) is 0 Å². The zero-order chi connectivity index (χ0) is 9.23. The van der Waals surface area contributed by atoms with Crippen LogP contribution in [0.25, 0.3) is 0 Å². The van der Waals surface area contributed by atoms with E-state index in [1.807, 2.05) is 0 Å². The van der Waals surface area contributed by atoms with Crippen LogP contribution in [-0.4, -0.2) is 28.3 Å². The Balaban J connectivity index is 2.82. The molecule has 0 saturated carbocycles.